The summed E-state index contributed by atoms with van der Waals surface area (Å²) in [5, 5.41) is 7.79. The van der Waals surface area contributed by atoms with E-state index >= 15 is 0 Å². The monoisotopic (exact) mass is 322 g/mol. The quantitative estimate of drug-likeness (QED) is 0.944. The SMILES string of the molecule is C[C@@H](C(=O)N[C@H]1CCSc2ccc(Cl)cc21)n1cncn1. The first kappa shape index (κ1) is 14.4. The minimum Gasteiger partial charge on any atom is -0.347 e. The molecule has 3 rings (SSSR count). The minimum atomic E-state index is -0.385. The van der Waals surface area contributed by atoms with E-state index in [4.69, 9.17) is 11.6 Å². The molecule has 110 valence electrons. The highest BCUT2D eigenvalue weighted by Gasteiger charge is 2.25. The minimum absolute atomic E-state index is 0.00146. The van der Waals surface area contributed by atoms with Gasteiger partial charge >= 0.3 is 0 Å². The van der Waals surface area contributed by atoms with Crippen molar-refractivity contribution in [2.45, 2.75) is 30.3 Å². The number of carbonyl (C=O) groups excluding carboxylic acids is 1. The number of carbonyl (C=O) groups is 1. The summed E-state index contributed by atoms with van der Waals surface area (Å²) in [6.45, 7) is 1.81. The first-order chi connectivity index (χ1) is 10.1. The number of hydrogen-bond donors (Lipinski definition) is 1. The van der Waals surface area contributed by atoms with Crippen LogP contribution in [-0.2, 0) is 4.79 Å². The lowest BCUT2D eigenvalue weighted by molar-refractivity contribution is -0.125. The molecule has 21 heavy (non-hydrogen) atoms. The van der Waals surface area contributed by atoms with E-state index in [9.17, 15) is 4.79 Å². The molecule has 0 saturated heterocycles. The molecule has 7 heteroatoms. The normalized spacial score (nSPS) is 18.9. The van der Waals surface area contributed by atoms with Crippen LogP contribution in [0.5, 0.6) is 0 Å². The Morgan fingerprint density at radius 1 is 1.57 bits per heavy atom. The molecule has 2 heterocycles. The molecule has 1 aliphatic rings. The van der Waals surface area contributed by atoms with E-state index in [0.717, 1.165) is 17.7 Å². The van der Waals surface area contributed by atoms with Crippen molar-refractivity contribution in [1.29, 1.82) is 0 Å². The van der Waals surface area contributed by atoms with Crippen LogP contribution in [0.15, 0.2) is 35.7 Å². The number of halogens is 1. The first-order valence-corrected chi connectivity index (χ1v) is 8.08. The lowest BCUT2D eigenvalue weighted by Gasteiger charge is -2.27. The molecule has 0 spiro atoms. The van der Waals surface area contributed by atoms with Gasteiger partial charge in [-0.1, -0.05) is 11.6 Å². The van der Waals surface area contributed by atoms with Gasteiger partial charge in [0.15, 0.2) is 0 Å². The van der Waals surface area contributed by atoms with Crippen molar-refractivity contribution in [3.8, 4) is 0 Å². The van der Waals surface area contributed by atoms with Crippen molar-refractivity contribution >= 4 is 29.3 Å². The zero-order valence-corrected chi connectivity index (χ0v) is 13.1. The molecule has 1 aliphatic heterocycles. The summed E-state index contributed by atoms with van der Waals surface area (Å²) in [6.07, 6.45) is 3.87. The van der Waals surface area contributed by atoms with Crippen molar-refractivity contribution in [3.63, 3.8) is 0 Å². The number of hydrogen-bond acceptors (Lipinski definition) is 4. The van der Waals surface area contributed by atoms with Gasteiger partial charge in [-0.3, -0.25) is 4.79 Å². The average Bonchev–Trinajstić information content (AvgIpc) is 3.01. The van der Waals surface area contributed by atoms with E-state index in [-0.39, 0.29) is 18.0 Å². The third kappa shape index (κ3) is 3.06. The Morgan fingerprint density at radius 2 is 2.43 bits per heavy atom. The smallest absolute Gasteiger partial charge is 0.245 e. The second-order valence-electron chi connectivity index (χ2n) is 4.93. The van der Waals surface area contributed by atoms with Gasteiger partial charge in [0.25, 0.3) is 0 Å². The molecule has 0 unspecified atom stereocenters. The summed E-state index contributed by atoms with van der Waals surface area (Å²) >= 11 is 7.87. The van der Waals surface area contributed by atoms with Crippen LogP contribution in [0, 0.1) is 0 Å². The van der Waals surface area contributed by atoms with Crippen LogP contribution in [0.4, 0.5) is 0 Å². The van der Waals surface area contributed by atoms with Gasteiger partial charge in [0, 0.05) is 15.7 Å². The maximum atomic E-state index is 12.4. The maximum Gasteiger partial charge on any atom is 0.245 e. The molecule has 5 nitrogen and oxygen atoms in total. The van der Waals surface area contributed by atoms with E-state index < -0.39 is 0 Å². The number of benzene rings is 1. The summed E-state index contributed by atoms with van der Waals surface area (Å²) in [5.41, 5.74) is 1.10. The Labute approximate surface area is 132 Å². The molecule has 0 fully saturated rings. The van der Waals surface area contributed by atoms with Crippen LogP contribution < -0.4 is 5.32 Å². The highest BCUT2D eigenvalue weighted by Crippen LogP contribution is 2.37. The number of thioether (sulfide) groups is 1. The molecule has 1 aromatic carbocycles. The topological polar surface area (TPSA) is 59.8 Å². The van der Waals surface area contributed by atoms with Gasteiger partial charge in [-0.05, 0) is 37.1 Å². The fourth-order valence-electron chi connectivity index (χ4n) is 2.35. The van der Waals surface area contributed by atoms with Gasteiger partial charge in [0.05, 0.1) is 6.04 Å². The second kappa shape index (κ2) is 6.07. The van der Waals surface area contributed by atoms with Crippen molar-refractivity contribution in [2.75, 3.05) is 5.75 Å². The molecule has 2 aromatic rings. The number of fused-ring (bicyclic) bond motifs is 1. The van der Waals surface area contributed by atoms with E-state index in [1.54, 1.807) is 29.7 Å². The van der Waals surface area contributed by atoms with Gasteiger partial charge in [-0.15, -0.1) is 11.8 Å². The number of nitrogens with zero attached hydrogens (tertiary/aromatic N) is 3. The molecule has 1 amide bonds. The van der Waals surface area contributed by atoms with Gasteiger partial charge in [-0.25, -0.2) is 9.67 Å². The molecule has 1 aromatic heterocycles. The summed E-state index contributed by atoms with van der Waals surface area (Å²) in [5.74, 6) is 0.917. The molecule has 0 radical (unpaired) electrons. The molecule has 0 bridgehead atoms. The molecule has 0 saturated carbocycles. The Kier molecular flexibility index (Phi) is 4.17. The fourth-order valence-corrected chi connectivity index (χ4v) is 3.63. The third-order valence-corrected chi connectivity index (χ3v) is 4.90. The standard InChI is InChI=1S/C14H15ClN4OS/c1-9(19-8-16-7-17-19)14(20)18-12-4-5-21-13-3-2-10(15)6-11(12)13/h2-3,6-9,12H,4-5H2,1H3,(H,18,20)/t9-,12-/m0/s1. The van der Waals surface area contributed by atoms with Crippen LogP contribution >= 0.6 is 23.4 Å². The van der Waals surface area contributed by atoms with Gasteiger partial charge in [0.1, 0.15) is 18.7 Å². The average molecular weight is 323 g/mol. The largest absolute Gasteiger partial charge is 0.347 e. The van der Waals surface area contributed by atoms with E-state index in [1.165, 1.54) is 11.2 Å². The van der Waals surface area contributed by atoms with Crippen molar-refractivity contribution < 1.29 is 4.79 Å². The lowest BCUT2D eigenvalue weighted by atomic mass is 10.0. The van der Waals surface area contributed by atoms with Crippen molar-refractivity contribution in [1.82, 2.24) is 20.1 Å². The lowest BCUT2D eigenvalue weighted by Crippen LogP contribution is -2.35. The fraction of sp³-hybridized carbons (Fsp3) is 0.357. The zero-order chi connectivity index (χ0) is 14.8. The van der Waals surface area contributed by atoms with E-state index in [2.05, 4.69) is 15.4 Å². The summed E-state index contributed by atoms with van der Waals surface area (Å²) in [7, 11) is 0. The molecule has 2 atom stereocenters. The number of nitrogens with one attached hydrogen (secondary N) is 1. The Hall–Kier alpha value is -1.53. The van der Waals surface area contributed by atoms with Gasteiger partial charge in [-0.2, -0.15) is 5.10 Å². The first-order valence-electron chi connectivity index (χ1n) is 6.72. The Balaban J connectivity index is 1.77. The van der Waals surface area contributed by atoms with Crippen LogP contribution in [0.25, 0.3) is 0 Å². The van der Waals surface area contributed by atoms with Gasteiger partial charge < -0.3 is 5.32 Å². The zero-order valence-electron chi connectivity index (χ0n) is 11.5. The Bertz CT molecular complexity index is 646. The van der Waals surface area contributed by atoms with E-state index in [0.29, 0.717) is 5.02 Å². The number of aromatic nitrogens is 3. The van der Waals surface area contributed by atoms with Gasteiger partial charge in [0.2, 0.25) is 5.91 Å². The predicted octanol–water partition coefficient (Wildman–Crippen LogP) is 2.85. The van der Waals surface area contributed by atoms with Crippen LogP contribution in [0.2, 0.25) is 5.02 Å². The molecular weight excluding hydrogens is 308 g/mol. The number of rotatable bonds is 3. The molecule has 0 aliphatic carbocycles. The highest BCUT2D eigenvalue weighted by atomic mass is 35.5. The summed E-state index contributed by atoms with van der Waals surface area (Å²) in [6, 6.07) is 5.45. The molecule has 1 N–H and O–H groups in total. The van der Waals surface area contributed by atoms with E-state index in [1.807, 2.05) is 18.2 Å². The maximum absolute atomic E-state index is 12.4. The Morgan fingerprint density at radius 3 is 3.19 bits per heavy atom. The molecular formula is C14H15ClN4OS. The van der Waals surface area contributed by atoms with Crippen molar-refractivity contribution in [2.24, 2.45) is 0 Å². The highest BCUT2D eigenvalue weighted by molar-refractivity contribution is 7.99. The van der Waals surface area contributed by atoms with Crippen LogP contribution in [0.1, 0.15) is 31.0 Å². The second-order valence-corrected chi connectivity index (χ2v) is 6.51. The predicted molar refractivity (Wildman–Crippen MR) is 82.4 cm³/mol. The van der Waals surface area contributed by atoms with Crippen LogP contribution in [-0.4, -0.2) is 26.4 Å². The van der Waals surface area contributed by atoms with Crippen LogP contribution in [0.3, 0.4) is 0 Å². The third-order valence-electron chi connectivity index (χ3n) is 3.54. The summed E-state index contributed by atoms with van der Waals surface area (Å²) < 4.78 is 1.55. The van der Waals surface area contributed by atoms with Crippen molar-refractivity contribution in [3.05, 3.63) is 41.4 Å². The number of amides is 1. The summed E-state index contributed by atoms with van der Waals surface area (Å²) in [4.78, 5) is 17.4.